The second-order valence-corrected chi connectivity index (χ2v) is 4.93. The summed E-state index contributed by atoms with van der Waals surface area (Å²) in [6.07, 6.45) is 1.02. The van der Waals surface area contributed by atoms with E-state index in [1.54, 1.807) is 24.1 Å². The van der Waals surface area contributed by atoms with E-state index in [0.717, 1.165) is 19.6 Å². The molecule has 4 nitrogen and oxygen atoms in total. The van der Waals surface area contributed by atoms with Gasteiger partial charge in [0.05, 0.1) is 17.3 Å². The lowest BCUT2D eigenvalue weighted by molar-refractivity contribution is 0.175. The van der Waals surface area contributed by atoms with Crippen molar-refractivity contribution in [2.24, 2.45) is 5.92 Å². The Bertz CT molecular complexity index is 419. The Kier molecular flexibility index (Phi) is 4.44. The number of amides is 2. The number of carbonyl (C=O) groups excluding carboxylic acids is 1. The van der Waals surface area contributed by atoms with Gasteiger partial charge in [0.25, 0.3) is 0 Å². The summed E-state index contributed by atoms with van der Waals surface area (Å²) in [5, 5.41) is 3.34. The number of carbonyl (C=O) groups is 1. The van der Waals surface area contributed by atoms with Crippen molar-refractivity contribution in [2.75, 3.05) is 32.1 Å². The first-order valence-electron chi connectivity index (χ1n) is 6.01. The van der Waals surface area contributed by atoms with Crippen LogP contribution in [0, 0.1) is 5.92 Å². The fourth-order valence-corrected chi connectivity index (χ4v) is 2.15. The van der Waals surface area contributed by atoms with Crippen LogP contribution in [-0.4, -0.2) is 37.7 Å². The maximum absolute atomic E-state index is 12.0. The summed E-state index contributed by atoms with van der Waals surface area (Å²) >= 11 is 5.99. The molecule has 0 aromatic heterocycles. The van der Waals surface area contributed by atoms with Gasteiger partial charge in [-0.1, -0.05) is 23.7 Å². The zero-order chi connectivity index (χ0) is 13.0. The lowest BCUT2D eigenvalue weighted by Gasteiger charge is -2.21. The Morgan fingerprint density at radius 3 is 3.00 bits per heavy atom. The predicted molar refractivity (Wildman–Crippen MR) is 72.0 cm³/mol. The average molecular weight is 269 g/mol. The predicted octanol–water partition coefficient (Wildman–Crippen LogP) is 2.84. The Hall–Kier alpha value is -1.26. The van der Waals surface area contributed by atoms with Crippen molar-refractivity contribution in [3.05, 3.63) is 29.3 Å². The third kappa shape index (κ3) is 3.37. The first-order chi connectivity index (χ1) is 8.66. The highest BCUT2D eigenvalue weighted by Gasteiger charge is 2.20. The molecule has 1 aliphatic rings. The van der Waals surface area contributed by atoms with Gasteiger partial charge in [-0.15, -0.1) is 0 Å². The van der Waals surface area contributed by atoms with Crippen molar-refractivity contribution in [3.8, 4) is 0 Å². The van der Waals surface area contributed by atoms with E-state index in [9.17, 15) is 4.79 Å². The standard InChI is InChI=1S/C13H17ClN2O2/c1-16(8-10-6-7-18-9-10)13(17)15-12-5-3-2-4-11(12)14/h2-5,10H,6-9H2,1H3,(H,15,17). The quantitative estimate of drug-likeness (QED) is 0.916. The molecule has 1 N–H and O–H groups in total. The van der Waals surface area contributed by atoms with Gasteiger partial charge in [-0.25, -0.2) is 4.79 Å². The number of nitrogens with zero attached hydrogens (tertiary/aromatic N) is 1. The van der Waals surface area contributed by atoms with Crippen LogP contribution in [0.15, 0.2) is 24.3 Å². The number of halogens is 1. The molecule has 1 aliphatic heterocycles. The maximum atomic E-state index is 12.0. The van der Waals surface area contributed by atoms with Crippen LogP contribution in [0.3, 0.4) is 0 Å². The van der Waals surface area contributed by atoms with Crippen molar-refractivity contribution in [1.29, 1.82) is 0 Å². The van der Waals surface area contributed by atoms with E-state index in [4.69, 9.17) is 16.3 Å². The van der Waals surface area contributed by atoms with Crippen LogP contribution in [0.4, 0.5) is 10.5 Å². The van der Waals surface area contributed by atoms with Crippen LogP contribution in [0.25, 0.3) is 0 Å². The molecular weight excluding hydrogens is 252 g/mol. The smallest absolute Gasteiger partial charge is 0.321 e. The highest BCUT2D eigenvalue weighted by molar-refractivity contribution is 6.33. The van der Waals surface area contributed by atoms with Gasteiger partial charge < -0.3 is 15.0 Å². The molecule has 0 radical (unpaired) electrons. The monoisotopic (exact) mass is 268 g/mol. The van der Waals surface area contributed by atoms with E-state index >= 15 is 0 Å². The van der Waals surface area contributed by atoms with Crippen LogP contribution in [0.1, 0.15) is 6.42 Å². The first kappa shape index (κ1) is 13.2. The number of rotatable bonds is 3. The number of hydrogen-bond acceptors (Lipinski definition) is 2. The molecule has 0 aliphatic carbocycles. The summed E-state index contributed by atoms with van der Waals surface area (Å²) in [4.78, 5) is 13.6. The van der Waals surface area contributed by atoms with E-state index < -0.39 is 0 Å². The molecule has 0 spiro atoms. The fraction of sp³-hybridized carbons (Fsp3) is 0.462. The van der Waals surface area contributed by atoms with Gasteiger partial charge in [-0.2, -0.15) is 0 Å². The molecular formula is C13H17ClN2O2. The molecule has 1 fully saturated rings. The third-order valence-corrected chi connectivity index (χ3v) is 3.35. The minimum absolute atomic E-state index is 0.144. The zero-order valence-corrected chi connectivity index (χ0v) is 11.1. The van der Waals surface area contributed by atoms with Crippen molar-refractivity contribution in [1.82, 2.24) is 4.90 Å². The second-order valence-electron chi connectivity index (χ2n) is 4.52. The molecule has 0 saturated carbocycles. The zero-order valence-electron chi connectivity index (χ0n) is 10.4. The van der Waals surface area contributed by atoms with Crippen molar-refractivity contribution in [3.63, 3.8) is 0 Å². The van der Waals surface area contributed by atoms with Crippen molar-refractivity contribution < 1.29 is 9.53 Å². The second kappa shape index (κ2) is 6.07. The van der Waals surface area contributed by atoms with Gasteiger partial charge in [0.1, 0.15) is 0 Å². The third-order valence-electron chi connectivity index (χ3n) is 3.02. The van der Waals surface area contributed by atoms with Gasteiger partial charge in [-0.3, -0.25) is 0 Å². The number of urea groups is 1. The van der Waals surface area contributed by atoms with E-state index in [-0.39, 0.29) is 6.03 Å². The number of para-hydroxylation sites is 1. The SMILES string of the molecule is CN(CC1CCOC1)C(=O)Nc1ccccc1Cl. The molecule has 1 unspecified atom stereocenters. The van der Waals surface area contributed by atoms with Crippen LogP contribution in [0.2, 0.25) is 5.02 Å². The topological polar surface area (TPSA) is 41.6 Å². The summed E-state index contributed by atoms with van der Waals surface area (Å²) in [5.41, 5.74) is 0.638. The number of nitrogens with one attached hydrogen (secondary N) is 1. The summed E-state index contributed by atoms with van der Waals surface area (Å²) in [5.74, 6) is 0.437. The molecule has 1 atom stereocenters. The van der Waals surface area contributed by atoms with Gasteiger partial charge in [0.15, 0.2) is 0 Å². The number of benzene rings is 1. The molecule has 2 amide bonds. The molecule has 1 aromatic carbocycles. The molecule has 2 rings (SSSR count). The fourth-order valence-electron chi connectivity index (χ4n) is 1.97. The number of anilines is 1. The molecule has 0 bridgehead atoms. The molecule has 18 heavy (non-hydrogen) atoms. The van der Waals surface area contributed by atoms with Crippen molar-refractivity contribution >= 4 is 23.3 Å². The number of ether oxygens (including phenoxy) is 1. The average Bonchev–Trinajstić information content (AvgIpc) is 2.84. The van der Waals surface area contributed by atoms with Crippen molar-refractivity contribution in [2.45, 2.75) is 6.42 Å². The van der Waals surface area contributed by atoms with Crippen LogP contribution < -0.4 is 5.32 Å². The molecule has 1 heterocycles. The van der Waals surface area contributed by atoms with E-state index in [0.29, 0.717) is 23.2 Å². The molecule has 5 heteroatoms. The normalized spacial score (nSPS) is 18.7. The van der Waals surface area contributed by atoms with Gasteiger partial charge in [-0.05, 0) is 18.6 Å². The van der Waals surface area contributed by atoms with Crippen LogP contribution in [-0.2, 0) is 4.74 Å². The van der Waals surface area contributed by atoms with E-state index in [2.05, 4.69) is 5.32 Å². The largest absolute Gasteiger partial charge is 0.381 e. The highest BCUT2D eigenvalue weighted by Crippen LogP contribution is 2.21. The lowest BCUT2D eigenvalue weighted by Crippen LogP contribution is -2.35. The summed E-state index contributed by atoms with van der Waals surface area (Å²) in [6, 6.07) is 7.06. The molecule has 1 saturated heterocycles. The Morgan fingerprint density at radius 2 is 2.33 bits per heavy atom. The first-order valence-corrected chi connectivity index (χ1v) is 6.39. The van der Waals surface area contributed by atoms with Crippen LogP contribution in [0.5, 0.6) is 0 Å². The van der Waals surface area contributed by atoms with Crippen LogP contribution >= 0.6 is 11.6 Å². The molecule has 1 aromatic rings. The minimum atomic E-state index is -0.144. The Morgan fingerprint density at radius 1 is 1.56 bits per heavy atom. The molecule has 98 valence electrons. The Labute approximate surface area is 112 Å². The number of hydrogen-bond donors (Lipinski definition) is 1. The van der Waals surface area contributed by atoms with Gasteiger partial charge >= 0.3 is 6.03 Å². The summed E-state index contributed by atoms with van der Waals surface area (Å²) in [6.45, 7) is 2.24. The lowest BCUT2D eigenvalue weighted by atomic mass is 10.1. The minimum Gasteiger partial charge on any atom is -0.381 e. The highest BCUT2D eigenvalue weighted by atomic mass is 35.5. The van der Waals surface area contributed by atoms with E-state index in [1.807, 2.05) is 12.1 Å². The summed E-state index contributed by atoms with van der Waals surface area (Å²) in [7, 11) is 1.78. The van der Waals surface area contributed by atoms with Gasteiger partial charge in [0.2, 0.25) is 0 Å². The Balaban J connectivity index is 1.89. The van der Waals surface area contributed by atoms with E-state index in [1.165, 1.54) is 0 Å². The van der Waals surface area contributed by atoms with Gasteiger partial charge in [0, 0.05) is 26.1 Å². The summed E-state index contributed by atoms with van der Waals surface area (Å²) < 4.78 is 5.30. The maximum Gasteiger partial charge on any atom is 0.321 e.